The van der Waals surface area contributed by atoms with E-state index in [0.29, 0.717) is 6.04 Å². The van der Waals surface area contributed by atoms with Gasteiger partial charge in [0.05, 0.1) is 6.61 Å². The predicted octanol–water partition coefficient (Wildman–Crippen LogP) is 0.849. The molecular weight excluding hydrogens is 188 g/mol. The van der Waals surface area contributed by atoms with Crippen molar-refractivity contribution in [1.82, 2.24) is 10.2 Å². The van der Waals surface area contributed by atoms with Gasteiger partial charge in [-0.15, -0.1) is 0 Å². The van der Waals surface area contributed by atoms with Crippen molar-refractivity contribution in [2.75, 3.05) is 32.8 Å². The molecule has 0 amide bonds. The summed E-state index contributed by atoms with van der Waals surface area (Å²) in [6.45, 7) is 5.76. The van der Waals surface area contributed by atoms with Crippen molar-refractivity contribution >= 4 is 0 Å². The lowest BCUT2D eigenvalue weighted by molar-refractivity contribution is 0.0251. The highest BCUT2D eigenvalue weighted by molar-refractivity contribution is 4.94. The standard InChI is InChI=1S/C12H22N2O/c1-3-10-7-14(8-12(10)13-5-1)11-4-2-6-15-9-11/h10-13H,1-9H2/t10-,11?,12+/m0/s1. The third-order valence-corrected chi connectivity index (χ3v) is 4.28. The molecule has 3 aliphatic rings. The zero-order valence-electron chi connectivity index (χ0n) is 9.45. The molecule has 0 aromatic heterocycles. The summed E-state index contributed by atoms with van der Waals surface area (Å²) >= 11 is 0. The van der Waals surface area contributed by atoms with Crippen LogP contribution in [0.15, 0.2) is 0 Å². The first kappa shape index (κ1) is 10.1. The number of nitrogens with zero attached hydrogens (tertiary/aromatic N) is 1. The minimum atomic E-state index is 0.714. The van der Waals surface area contributed by atoms with Gasteiger partial charge in [-0.05, 0) is 38.1 Å². The second-order valence-electron chi connectivity index (χ2n) is 5.29. The van der Waals surface area contributed by atoms with Crippen LogP contribution in [0, 0.1) is 5.92 Å². The van der Waals surface area contributed by atoms with E-state index in [1.54, 1.807) is 0 Å². The molecule has 3 fully saturated rings. The van der Waals surface area contributed by atoms with Crippen LogP contribution in [0.2, 0.25) is 0 Å². The number of fused-ring (bicyclic) bond motifs is 1. The predicted molar refractivity (Wildman–Crippen MR) is 59.9 cm³/mol. The Labute approximate surface area is 92.2 Å². The highest BCUT2D eigenvalue weighted by atomic mass is 16.5. The maximum Gasteiger partial charge on any atom is 0.0621 e. The molecule has 3 nitrogen and oxygen atoms in total. The van der Waals surface area contributed by atoms with Crippen molar-refractivity contribution in [3.05, 3.63) is 0 Å². The van der Waals surface area contributed by atoms with Gasteiger partial charge in [0.2, 0.25) is 0 Å². The fourth-order valence-corrected chi connectivity index (χ4v) is 3.39. The van der Waals surface area contributed by atoms with Crippen LogP contribution >= 0.6 is 0 Å². The number of rotatable bonds is 1. The van der Waals surface area contributed by atoms with E-state index in [1.165, 1.54) is 45.3 Å². The number of hydrogen-bond donors (Lipinski definition) is 1. The molecule has 0 aromatic carbocycles. The quantitative estimate of drug-likeness (QED) is 0.694. The summed E-state index contributed by atoms with van der Waals surface area (Å²) in [7, 11) is 0. The van der Waals surface area contributed by atoms with E-state index in [4.69, 9.17) is 4.74 Å². The summed E-state index contributed by atoms with van der Waals surface area (Å²) in [6, 6.07) is 1.49. The average molecular weight is 210 g/mol. The van der Waals surface area contributed by atoms with Crippen molar-refractivity contribution in [2.24, 2.45) is 5.92 Å². The Morgan fingerprint density at radius 3 is 2.93 bits per heavy atom. The largest absolute Gasteiger partial charge is 0.380 e. The first-order chi connectivity index (χ1) is 7.43. The lowest BCUT2D eigenvalue weighted by Gasteiger charge is -2.30. The summed E-state index contributed by atoms with van der Waals surface area (Å²) in [6.07, 6.45) is 5.40. The lowest BCUT2D eigenvalue weighted by Crippen LogP contribution is -2.43. The van der Waals surface area contributed by atoms with Crippen molar-refractivity contribution in [2.45, 2.75) is 37.8 Å². The van der Waals surface area contributed by atoms with Crippen molar-refractivity contribution in [3.8, 4) is 0 Å². The third kappa shape index (κ3) is 2.05. The molecule has 0 aliphatic carbocycles. The number of piperidine rings is 1. The molecule has 0 aromatic rings. The normalized spacial score (nSPS) is 42.8. The van der Waals surface area contributed by atoms with Gasteiger partial charge in [0.15, 0.2) is 0 Å². The molecule has 86 valence electrons. The number of nitrogens with one attached hydrogen (secondary N) is 1. The Hall–Kier alpha value is -0.120. The molecule has 1 unspecified atom stereocenters. The minimum Gasteiger partial charge on any atom is -0.380 e. The molecule has 3 saturated heterocycles. The van der Waals surface area contributed by atoms with Gasteiger partial charge in [0, 0.05) is 31.8 Å². The maximum atomic E-state index is 5.59. The van der Waals surface area contributed by atoms with Gasteiger partial charge in [-0.2, -0.15) is 0 Å². The maximum absolute atomic E-state index is 5.59. The smallest absolute Gasteiger partial charge is 0.0621 e. The Bertz CT molecular complexity index is 202. The van der Waals surface area contributed by atoms with E-state index in [-0.39, 0.29) is 0 Å². The zero-order valence-corrected chi connectivity index (χ0v) is 9.45. The minimum absolute atomic E-state index is 0.714. The molecule has 0 radical (unpaired) electrons. The molecular formula is C12H22N2O. The van der Waals surface area contributed by atoms with E-state index >= 15 is 0 Å². The Balaban J connectivity index is 1.59. The summed E-state index contributed by atoms with van der Waals surface area (Å²) < 4.78 is 5.59. The van der Waals surface area contributed by atoms with Crippen LogP contribution in [0.25, 0.3) is 0 Å². The molecule has 15 heavy (non-hydrogen) atoms. The van der Waals surface area contributed by atoms with E-state index in [9.17, 15) is 0 Å². The van der Waals surface area contributed by atoms with Gasteiger partial charge in [-0.1, -0.05) is 0 Å². The van der Waals surface area contributed by atoms with Crippen molar-refractivity contribution in [1.29, 1.82) is 0 Å². The highest BCUT2D eigenvalue weighted by Gasteiger charge is 2.37. The second-order valence-corrected chi connectivity index (χ2v) is 5.29. The van der Waals surface area contributed by atoms with Gasteiger partial charge in [0.1, 0.15) is 0 Å². The molecule has 3 aliphatic heterocycles. The van der Waals surface area contributed by atoms with E-state index in [1.807, 2.05) is 0 Å². The van der Waals surface area contributed by atoms with Crippen LogP contribution in [-0.4, -0.2) is 49.8 Å². The van der Waals surface area contributed by atoms with Crippen molar-refractivity contribution in [3.63, 3.8) is 0 Å². The van der Waals surface area contributed by atoms with Gasteiger partial charge < -0.3 is 10.1 Å². The third-order valence-electron chi connectivity index (χ3n) is 4.28. The van der Waals surface area contributed by atoms with E-state index < -0.39 is 0 Å². The fourth-order valence-electron chi connectivity index (χ4n) is 3.39. The number of hydrogen-bond acceptors (Lipinski definition) is 3. The lowest BCUT2D eigenvalue weighted by atomic mass is 9.94. The Kier molecular flexibility index (Phi) is 2.95. The summed E-state index contributed by atoms with van der Waals surface area (Å²) in [5.41, 5.74) is 0. The summed E-state index contributed by atoms with van der Waals surface area (Å²) in [5.74, 6) is 0.917. The average Bonchev–Trinajstić information content (AvgIpc) is 2.74. The molecule has 0 bridgehead atoms. The van der Waals surface area contributed by atoms with E-state index in [2.05, 4.69) is 10.2 Å². The molecule has 3 rings (SSSR count). The first-order valence-corrected chi connectivity index (χ1v) is 6.48. The molecule has 3 heterocycles. The van der Waals surface area contributed by atoms with Crippen molar-refractivity contribution < 1.29 is 4.74 Å². The van der Waals surface area contributed by atoms with Gasteiger partial charge in [-0.3, -0.25) is 4.90 Å². The summed E-state index contributed by atoms with van der Waals surface area (Å²) in [5, 5.41) is 3.67. The van der Waals surface area contributed by atoms with Crippen LogP contribution in [0.4, 0.5) is 0 Å². The van der Waals surface area contributed by atoms with Gasteiger partial charge >= 0.3 is 0 Å². The second kappa shape index (κ2) is 4.40. The highest BCUT2D eigenvalue weighted by Crippen LogP contribution is 2.28. The monoisotopic (exact) mass is 210 g/mol. The molecule has 0 saturated carbocycles. The molecule has 3 heteroatoms. The van der Waals surface area contributed by atoms with Gasteiger partial charge in [-0.25, -0.2) is 0 Å². The molecule has 0 spiro atoms. The first-order valence-electron chi connectivity index (χ1n) is 6.48. The number of likely N-dealkylation sites (tertiary alicyclic amines) is 1. The van der Waals surface area contributed by atoms with Crippen LogP contribution in [0.3, 0.4) is 0 Å². The van der Waals surface area contributed by atoms with Crippen LogP contribution in [-0.2, 0) is 4.74 Å². The zero-order chi connectivity index (χ0) is 10.1. The Morgan fingerprint density at radius 1 is 1.13 bits per heavy atom. The van der Waals surface area contributed by atoms with Crippen LogP contribution < -0.4 is 5.32 Å². The number of ether oxygens (including phenoxy) is 1. The Morgan fingerprint density at radius 2 is 2.13 bits per heavy atom. The van der Waals surface area contributed by atoms with E-state index in [0.717, 1.165) is 25.2 Å². The topological polar surface area (TPSA) is 24.5 Å². The molecule has 1 N–H and O–H groups in total. The summed E-state index contributed by atoms with van der Waals surface area (Å²) in [4.78, 5) is 2.67. The van der Waals surface area contributed by atoms with Gasteiger partial charge in [0.25, 0.3) is 0 Å². The SMILES string of the molecule is C1COCC(N2C[C@@H]3CCCN[C@@H]3C2)C1. The van der Waals surface area contributed by atoms with Crippen LogP contribution in [0.1, 0.15) is 25.7 Å². The fraction of sp³-hybridized carbons (Fsp3) is 1.00. The molecule has 3 atom stereocenters. The van der Waals surface area contributed by atoms with Crippen LogP contribution in [0.5, 0.6) is 0 Å².